The summed E-state index contributed by atoms with van der Waals surface area (Å²) < 4.78 is 31.7. The summed E-state index contributed by atoms with van der Waals surface area (Å²) in [4.78, 5) is 27.6. The quantitative estimate of drug-likeness (QED) is 0.826. The van der Waals surface area contributed by atoms with Crippen LogP contribution in [0.15, 0.2) is 29.2 Å². The number of nitrogens with one attached hydrogen (secondary N) is 1. The van der Waals surface area contributed by atoms with E-state index in [1.165, 1.54) is 24.3 Å². The smallest absolute Gasteiger partial charge is 0.409 e. The van der Waals surface area contributed by atoms with Crippen molar-refractivity contribution in [1.29, 1.82) is 0 Å². The molecule has 1 aliphatic heterocycles. The van der Waals surface area contributed by atoms with E-state index in [0.29, 0.717) is 38.3 Å². The Labute approximate surface area is 154 Å². The molecule has 26 heavy (non-hydrogen) atoms. The third-order valence-electron chi connectivity index (χ3n) is 3.90. The molecule has 9 heteroatoms. The molecule has 1 aromatic rings. The van der Waals surface area contributed by atoms with Crippen molar-refractivity contribution in [3.05, 3.63) is 29.8 Å². The van der Waals surface area contributed by atoms with E-state index in [4.69, 9.17) is 4.74 Å². The number of hydrogen-bond donors (Lipinski definition) is 1. The van der Waals surface area contributed by atoms with E-state index in [9.17, 15) is 18.0 Å². The van der Waals surface area contributed by atoms with Gasteiger partial charge in [0, 0.05) is 37.8 Å². The predicted octanol–water partition coefficient (Wildman–Crippen LogP) is 1.29. The van der Waals surface area contributed by atoms with Gasteiger partial charge in [-0.3, -0.25) is 4.79 Å². The summed E-state index contributed by atoms with van der Waals surface area (Å²) in [6.07, 6.45) is -0.369. The van der Waals surface area contributed by atoms with E-state index in [2.05, 4.69) is 4.72 Å². The van der Waals surface area contributed by atoms with Gasteiger partial charge in [-0.2, -0.15) is 0 Å². The number of piperazine rings is 1. The lowest BCUT2D eigenvalue weighted by molar-refractivity contribution is 0.0570. The predicted molar refractivity (Wildman–Crippen MR) is 96.4 cm³/mol. The molecule has 0 spiro atoms. The Morgan fingerprint density at radius 2 is 1.62 bits per heavy atom. The molecular weight excluding hydrogens is 358 g/mol. The number of sulfonamides is 1. The van der Waals surface area contributed by atoms with Gasteiger partial charge in [0.05, 0.1) is 11.5 Å². The maximum absolute atomic E-state index is 12.6. The number of carbonyl (C=O) groups excluding carboxylic acids is 2. The van der Waals surface area contributed by atoms with Crippen molar-refractivity contribution in [3.8, 4) is 0 Å². The zero-order valence-electron chi connectivity index (χ0n) is 15.3. The summed E-state index contributed by atoms with van der Waals surface area (Å²) in [5.74, 6) is -0.186. The molecule has 144 valence electrons. The number of ether oxygens (including phenoxy) is 1. The van der Waals surface area contributed by atoms with Crippen LogP contribution >= 0.6 is 0 Å². The van der Waals surface area contributed by atoms with E-state index >= 15 is 0 Å². The van der Waals surface area contributed by atoms with Crippen LogP contribution in [0.4, 0.5) is 4.79 Å². The van der Waals surface area contributed by atoms with E-state index < -0.39 is 10.0 Å². The van der Waals surface area contributed by atoms with Crippen LogP contribution in [-0.2, 0) is 14.8 Å². The van der Waals surface area contributed by atoms with Crippen molar-refractivity contribution in [2.75, 3.05) is 32.8 Å². The van der Waals surface area contributed by atoms with Crippen LogP contribution < -0.4 is 4.72 Å². The van der Waals surface area contributed by atoms with Gasteiger partial charge in [-0.05, 0) is 45.0 Å². The van der Waals surface area contributed by atoms with Crippen molar-refractivity contribution in [2.24, 2.45) is 0 Å². The first-order valence-corrected chi connectivity index (χ1v) is 10.1. The Hall–Kier alpha value is -2.13. The minimum atomic E-state index is -3.58. The molecule has 2 amide bonds. The summed E-state index contributed by atoms with van der Waals surface area (Å²) in [7, 11) is -3.58. The lowest BCUT2D eigenvalue weighted by Crippen LogP contribution is -2.50. The fourth-order valence-corrected chi connectivity index (χ4v) is 3.90. The van der Waals surface area contributed by atoms with Crippen LogP contribution in [0.3, 0.4) is 0 Å². The van der Waals surface area contributed by atoms with Gasteiger partial charge in [0.25, 0.3) is 5.91 Å². The van der Waals surface area contributed by atoms with Crippen molar-refractivity contribution >= 4 is 22.0 Å². The van der Waals surface area contributed by atoms with Crippen molar-refractivity contribution in [1.82, 2.24) is 14.5 Å². The largest absolute Gasteiger partial charge is 0.450 e. The molecule has 0 radical (unpaired) electrons. The fourth-order valence-electron chi connectivity index (χ4n) is 2.64. The molecule has 0 aliphatic carbocycles. The summed E-state index contributed by atoms with van der Waals surface area (Å²) in [5, 5.41) is 0. The van der Waals surface area contributed by atoms with E-state index in [0.717, 1.165) is 0 Å². The first-order chi connectivity index (χ1) is 12.2. The number of amides is 2. The standard InChI is InChI=1S/C17H25N3O5S/c1-4-25-17(22)20-11-9-19(10-12-20)16(21)14-5-7-15(8-6-14)26(23,24)18-13(2)3/h5-8,13,18H,4,9-12H2,1-3H3. The van der Waals surface area contributed by atoms with Gasteiger partial charge in [0.15, 0.2) is 0 Å². The summed E-state index contributed by atoms with van der Waals surface area (Å²) >= 11 is 0. The molecule has 8 nitrogen and oxygen atoms in total. The highest BCUT2D eigenvalue weighted by Gasteiger charge is 2.25. The SMILES string of the molecule is CCOC(=O)N1CCN(C(=O)c2ccc(S(=O)(=O)NC(C)C)cc2)CC1. The number of rotatable bonds is 5. The molecule has 0 bridgehead atoms. The number of nitrogens with zero attached hydrogens (tertiary/aromatic N) is 2. The van der Waals surface area contributed by atoms with Crippen LogP contribution in [0.1, 0.15) is 31.1 Å². The van der Waals surface area contributed by atoms with Crippen LogP contribution in [0, 0.1) is 0 Å². The Morgan fingerprint density at radius 3 is 2.12 bits per heavy atom. The molecule has 1 aliphatic rings. The maximum atomic E-state index is 12.6. The van der Waals surface area contributed by atoms with Crippen molar-refractivity contribution < 1.29 is 22.7 Å². The summed E-state index contributed by atoms with van der Waals surface area (Å²) in [6, 6.07) is 5.65. The highest BCUT2D eigenvalue weighted by atomic mass is 32.2. The monoisotopic (exact) mass is 383 g/mol. The molecule has 1 saturated heterocycles. The molecule has 1 fully saturated rings. The third kappa shape index (κ3) is 4.95. The van der Waals surface area contributed by atoms with Gasteiger partial charge in [-0.1, -0.05) is 0 Å². The van der Waals surface area contributed by atoms with Crippen molar-refractivity contribution in [3.63, 3.8) is 0 Å². The van der Waals surface area contributed by atoms with Gasteiger partial charge < -0.3 is 14.5 Å². The highest BCUT2D eigenvalue weighted by molar-refractivity contribution is 7.89. The van der Waals surface area contributed by atoms with E-state index in [-0.39, 0.29) is 22.9 Å². The fraction of sp³-hybridized carbons (Fsp3) is 0.529. The molecule has 1 aromatic carbocycles. The average molecular weight is 383 g/mol. The molecule has 0 unspecified atom stereocenters. The Kier molecular flexibility index (Phi) is 6.60. The Morgan fingerprint density at radius 1 is 1.08 bits per heavy atom. The van der Waals surface area contributed by atoms with Crippen LogP contribution in [0.25, 0.3) is 0 Å². The Balaban J connectivity index is 2.00. The highest BCUT2D eigenvalue weighted by Crippen LogP contribution is 2.14. The molecule has 1 N–H and O–H groups in total. The van der Waals surface area contributed by atoms with E-state index in [1.54, 1.807) is 30.6 Å². The van der Waals surface area contributed by atoms with Gasteiger partial charge in [0.2, 0.25) is 10.0 Å². The topological polar surface area (TPSA) is 96.0 Å². The zero-order chi connectivity index (χ0) is 19.3. The second kappa shape index (κ2) is 8.50. The van der Waals surface area contributed by atoms with E-state index in [1.807, 2.05) is 0 Å². The van der Waals surface area contributed by atoms with Gasteiger partial charge in [-0.15, -0.1) is 0 Å². The molecule has 0 saturated carbocycles. The number of benzene rings is 1. The molecule has 0 atom stereocenters. The molecular formula is C17H25N3O5S. The number of hydrogen-bond acceptors (Lipinski definition) is 5. The lowest BCUT2D eigenvalue weighted by atomic mass is 10.2. The minimum absolute atomic E-state index is 0.120. The van der Waals surface area contributed by atoms with Crippen molar-refractivity contribution in [2.45, 2.75) is 31.7 Å². The number of carbonyl (C=O) groups is 2. The second-order valence-electron chi connectivity index (χ2n) is 6.28. The molecule has 1 heterocycles. The van der Waals surface area contributed by atoms with Gasteiger partial charge in [-0.25, -0.2) is 17.9 Å². The third-order valence-corrected chi connectivity index (χ3v) is 5.57. The first kappa shape index (κ1) is 20.2. The normalized spacial score (nSPS) is 15.2. The lowest BCUT2D eigenvalue weighted by Gasteiger charge is -2.34. The zero-order valence-corrected chi connectivity index (χ0v) is 16.1. The first-order valence-electron chi connectivity index (χ1n) is 8.58. The summed E-state index contributed by atoms with van der Waals surface area (Å²) in [6.45, 7) is 7.19. The van der Waals surface area contributed by atoms with Gasteiger partial charge >= 0.3 is 6.09 Å². The van der Waals surface area contributed by atoms with Crippen LogP contribution in [0.5, 0.6) is 0 Å². The van der Waals surface area contributed by atoms with Crippen LogP contribution in [-0.4, -0.2) is 69.0 Å². The van der Waals surface area contributed by atoms with Crippen LogP contribution in [0.2, 0.25) is 0 Å². The maximum Gasteiger partial charge on any atom is 0.409 e. The second-order valence-corrected chi connectivity index (χ2v) is 7.99. The van der Waals surface area contributed by atoms with Gasteiger partial charge in [0.1, 0.15) is 0 Å². The average Bonchev–Trinajstić information content (AvgIpc) is 2.60. The Bertz CT molecular complexity index is 738. The molecule has 2 rings (SSSR count). The molecule has 0 aromatic heterocycles. The summed E-state index contributed by atoms with van der Waals surface area (Å²) in [5.41, 5.74) is 0.415. The minimum Gasteiger partial charge on any atom is -0.450 e.